The highest BCUT2D eigenvalue weighted by atomic mass is 32.2. The molecule has 10 heteroatoms. The molecule has 4 rings (SSSR count). The number of aryl methyl sites for hydroxylation is 3. The van der Waals surface area contributed by atoms with Crippen molar-refractivity contribution in [1.29, 1.82) is 0 Å². The lowest BCUT2D eigenvalue weighted by molar-refractivity contribution is -0.120. The smallest absolute Gasteiger partial charge is 0.248 e. The summed E-state index contributed by atoms with van der Waals surface area (Å²) < 4.78 is 33.5. The van der Waals surface area contributed by atoms with E-state index in [0.29, 0.717) is 30.2 Å². The van der Waals surface area contributed by atoms with Gasteiger partial charge in [0.25, 0.3) is 0 Å². The molecule has 1 aromatic carbocycles. The molecule has 3 heterocycles. The summed E-state index contributed by atoms with van der Waals surface area (Å²) in [5, 5.41) is 7.14. The highest BCUT2D eigenvalue weighted by molar-refractivity contribution is 7.89. The Bertz CT molecular complexity index is 1160. The fourth-order valence-electron chi connectivity index (χ4n) is 3.64. The van der Waals surface area contributed by atoms with Crippen LogP contribution >= 0.6 is 11.3 Å². The number of rotatable bonds is 4. The molecule has 1 aliphatic heterocycles. The van der Waals surface area contributed by atoms with Crippen molar-refractivity contribution in [3.63, 3.8) is 0 Å². The van der Waals surface area contributed by atoms with E-state index in [1.807, 2.05) is 25.1 Å². The van der Waals surface area contributed by atoms with Crippen molar-refractivity contribution in [3.8, 4) is 0 Å². The van der Waals surface area contributed by atoms with Crippen LogP contribution < -0.4 is 5.32 Å². The van der Waals surface area contributed by atoms with Crippen LogP contribution in [-0.4, -0.2) is 41.9 Å². The molecule has 0 bridgehead atoms. The Labute approximate surface area is 173 Å². The van der Waals surface area contributed by atoms with Gasteiger partial charge < -0.3 is 9.84 Å². The van der Waals surface area contributed by atoms with E-state index in [0.717, 1.165) is 15.8 Å². The SMILES string of the molecule is Cc1ccc2nc(NC(=O)C3CCCN(S(=O)(=O)c4c(C)noc4C)C3)sc2c1. The van der Waals surface area contributed by atoms with Gasteiger partial charge >= 0.3 is 0 Å². The van der Waals surface area contributed by atoms with Gasteiger partial charge in [-0.2, -0.15) is 4.31 Å². The number of nitrogens with one attached hydrogen (secondary N) is 1. The number of thiazole rings is 1. The predicted octanol–water partition coefficient (Wildman–Crippen LogP) is 3.25. The topological polar surface area (TPSA) is 105 Å². The summed E-state index contributed by atoms with van der Waals surface area (Å²) in [6.45, 7) is 5.69. The number of nitrogens with zero attached hydrogens (tertiary/aromatic N) is 3. The van der Waals surface area contributed by atoms with E-state index in [9.17, 15) is 13.2 Å². The van der Waals surface area contributed by atoms with Crippen molar-refractivity contribution in [3.05, 3.63) is 35.2 Å². The third kappa shape index (κ3) is 3.79. The van der Waals surface area contributed by atoms with Gasteiger partial charge in [0.05, 0.1) is 16.1 Å². The molecule has 2 aromatic heterocycles. The maximum absolute atomic E-state index is 13.0. The van der Waals surface area contributed by atoms with Crippen LogP contribution in [0.25, 0.3) is 10.2 Å². The molecular formula is C19H22N4O4S2. The third-order valence-electron chi connectivity index (χ3n) is 5.09. The van der Waals surface area contributed by atoms with Crippen molar-refractivity contribution >= 4 is 42.6 Å². The molecule has 0 aliphatic carbocycles. The Morgan fingerprint density at radius 1 is 1.31 bits per heavy atom. The van der Waals surface area contributed by atoms with Crippen molar-refractivity contribution in [2.24, 2.45) is 5.92 Å². The van der Waals surface area contributed by atoms with E-state index in [4.69, 9.17) is 4.52 Å². The molecule has 8 nitrogen and oxygen atoms in total. The summed E-state index contributed by atoms with van der Waals surface area (Å²) in [6, 6.07) is 5.93. The zero-order valence-electron chi connectivity index (χ0n) is 16.4. The Hall–Kier alpha value is -2.30. The normalized spacial score (nSPS) is 18.2. The first kappa shape index (κ1) is 20.0. The fraction of sp³-hybridized carbons (Fsp3) is 0.421. The number of piperidine rings is 1. The molecule has 0 spiro atoms. The van der Waals surface area contributed by atoms with Gasteiger partial charge in [0.2, 0.25) is 15.9 Å². The molecule has 0 saturated carbocycles. The molecule has 1 unspecified atom stereocenters. The summed E-state index contributed by atoms with van der Waals surface area (Å²) >= 11 is 1.42. The van der Waals surface area contributed by atoms with Crippen LogP contribution in [0.5, 0.6) is 0 Å². The van der Waals surface area contributed by atoms with Gasteiger partial charge in [0.1, 0.15) is 10.6 Å². The van der Waals surface area contributed by atoms with Crippen LogP contribution in [0.4, 0.5) is 5.13 Å². The fourth-order valence-corrected chi connectivity index (χ4v) is 6.42. The molecule has 1 amide bonds. The monoisotopic (exact) mass is 434 g/mol. The van der Waals surface area contributed by atoms with Crippen molar-refractivity contribution in [2.75, 3.05) is 18.4 Å². The summed E-state index contributed by atoms with van der Waals surface area (Å²) in [4.78, 5) is 17.4. The maximum atomic E-state index is 13.0. The van der Waals surface area contributed by atoms with E-state index in [-0.39, 0.29) is 23.1 Å². The number of amides is 1. The predicted molar refractivity (Wildman–Crippen MR) is 110 cm³/mol. The minimum atomic E-state index is -3.76. The molecule has 0 radical (unpaired) electrons. The van der Waals surface area contributed by atoms with E-state index in [1.165, 1.54) is 15.6 Å². The highest BCUT2D eigenvalue weighted by Crippen LogP contribution is 2.30. The summed E-state index contributed by atoms with van der Waals surface area (Å²) in [7, 11) is -3.76. The molecular weight excluding hydrogens is 412 g/mol. The standard InChI is InChI=1S/C19H22N4O4S2/c1-11-6-7-15-16(9-11)28-19(20-15)21-18(24)14-5-4-8-23(10-14)29(25,26)17-12(2)22-27-13(17)3/h6-7,9,14H,4-5,8,10H2,1-3H3,(H,20,21,24). The van der Waals surface area contributed by atoms with Crippen molar-refractivity contribution in [1.82, 2.24) is 14.4 Å². The van der Waals surface area contributed by atoms with E-state index >= 15 is 0 Å². The Balaban J connectivity index is 1.51. The molecule has 154 valence electrons. The minimum Gasteiger partial charge on any atom is -0.360 e. The van der Waals surface area contributed by atoms with Crippen LogP contribution in [0.1, 0.15) is 29.9 Å². The number of hydrogen-bond acceptors (Lipinski definition) is 7. The van der Waals surface area contributed by atoms with Crippen LogP contribution in [0.2, 0.25) is 0 Å². The number of carbonyl (C=O) groups is 1. The quantitative estimate of drug-likeness (QED) is 0.676. The summed E-state index contributed by atoms with van der Waals surface area (Å²) in [6.07, 6.45) is 1.24. The summed E-state index contributed by atoms with van der Waals surface area (Å²) in [5.74, 6) is -0.383. The number of anilines is 1. The second kappa shape index (κ2) is 7.51. The Morgan fingerprint density at radius 2 is 2.10 bits per heavy atom. The lowest BCUT2D eigenvalue weighted by Crippen LogP contribution is -2.43. The second-order valence-electron chi connectivity index (χ2n) is 7.33. The molecule has 1 aliphatic rings. The molecule has 3 aromatic rings. The van der Waals surface area contributed by atoms with Crippen LogP contribution in [0, 0.1) is 26.7 Å². The number of carbonyl (C=O) groups excluding carboxylic acids is 1. The average Bonchev–Trinajstić information content (AvgIpc) is 3.23. The van der Waals surface area contributed by atoms with Crippen molar-refractivity contribution in [2.45, 2.75) is 38.5 Å². The van der Waals surface area contributed by atoms with E-state index in [2.05, 4.69) is 15.5 Å². The van der Waals surface area contributed by atoms with Crippen molar-refractivity contribution < 1.29 is 17.7 Å². The zero-order valence-corrected chi connectivity index (χ0v) is 18.1. The largest absolute Gasteiger partial charge is 0.360 e. The van der Waals surface area contributed by atoms with Gasteiger partial charge in [-0.3, -0.25) is 4.79 Å². The molecule has 1 fully saturated rings. The van der Waals surface area contributed by atoms with Crippen LogP contribution in [0.3, 0.4) is 0 Å². The number of benzene rings is 1. The molecule has 29 heavy (non-hydrogen) atoms. The van der Waals surface area contributed by atoms with E-state index < -0.39 is 15.9 Å². The average molecular weight is 435 g/mol. The molecule has 1 saturated heterocycles. The number of hydrogen-bond donors (Lipinski definition) is 1. The first-order chi connectivity index (χ1) is 13.8. The van der Waals surface area contributed by atoms with Gasteiger partial charge in [-0.1, -0.05) is 22.6 Å². The maximum Gasteiger partial charge on any atom is 0.248 e. The third-order valence-corrected chi connectivity index (χ3v) is 8.14. The highest BCUT2D eigenvalue weighted by Gasteiger charge is 2.36. The first-order valence-electron chi connectivity index (χ1n) is 9.37. The van der Waals surface area contributed by atoms with Crippen LogP contribution in [0.15, 0.2) is 27.6 Å². The number of fused-ring (bicyclic) bond motifs is 1. The number of sulfonamides is 1. The Kier molecular flexibility index (Phi) is 5.18. The zero-order chi connectivity index (χ0) is 20.8. The Morgan fingerprint density at radius 3 is 2.83 bits per heavy atom. The van der Waals surface area contributed by atoms with Crippen LogP contribution in [-0.2, 0) is 14.8 Å². The number of aromatic nitrogens is 2. The van der Waals surface area contributed by atoms with Gasteiger partial charge in [-0.05, 0) is 51.3 Å². The van der Waals surface area contributed by atoms with E-state index in [1.54, 1.807) is 13.8 Å². The lowest BCUT2D eigenvalue weighted by atomic mass is 9.99. The molecule has 1 atom stereocenters. The lowest BCUT2D eigenvalue weighted by Gasteiger charge is -2.30. The van der Waals surface area contributed by atoms with Gasteiger partial charge in [0, 0.05) is 13.1 Å². The summed E-state index contributed by atoms with van der Waals surface area (Å²) in [5.41, 5.74) is 2.30. The second-order valence-corrected chi connectivity index (χ2v) is 10.2. The minimum absolute atomic E-state index is 0.0973. The van der Waals surface area contributed by atoms with Gasteiger partial charge in [0.15, 0.2) is 10.9 Å². The van der Waals surface area contributed by atoms with Gasteiger partial charge in [-0.25, -0.2) is 13.4 Å². The first-order valence-corrected chi connectivity index (χ1v) is 11.6. The van der Waals surface area contributed by atoms with Gasteiger partial charge in [-0.15, -0.1) is 0 Å². The molecule has 1 N–H and O–H groups in total.